The molecule has 1 N–H and O–H groups in total. The second-order valence-electron chi connectivity index (χ2n) is 3.34. The number of Topliss-reactive ketones (excluding diaryl/α,β-unsaturated/α-hetero) is 1. The number of nitrogens with zero attached hydrogens (tertiary/aromatic N) is 1. The number of hydrogen-bond donors (Lipinski definition) is 1. The first kappa shape index (κ1) is 11.3. The van der Waals surface area contributed by atoms with E-state index in [2.05, 4.69) is 4.99 Å². The standard InChI is InChI=1S/C10H4F3NO3/c11-5-1-3-8(7(13)6(5)12)14-2-4(9(3)15)10(16)17/h1-2,4H,(H,16,17). The Labute approximate surface area is 92.4 Å². The van der Waals surface area contributed by atoms with Gasteiger partial charge in [0.2, 0.25) is 0 Å². The van der Waals surface area contributed by atoms with Gasteiger partial charge in [-0.05, 0) is 6.07 Å². The Kier molecular flexibility index (Phi) is 2.45. The fourth-order valence-electron chi connectivity index (χ4n) is 1.46. The third kappa shape index (κ3) is 1.59. The maximum Gasteiger partial charge on any atom is 0.319 e. The molecule has 0 aliphatic carbocycles. The third-order valence-electron chi connectivity index (χ3n) is 2.30. The van der Waals surface area contributed by atoms with Gasteiger partial charge in [-0.2, -0.15) is 0 Å². The van der Waals surface area contributed by atoms with E-state index < -0.39 is 46.4 Å². The normalized spacial score (nSPS) is 18.1. The highest BCUT2D eigenvalue weighted by molar-refractivity contribution is 6.22. The molecule has 2 rings (SSSR count). The Morgan fingerprint density at radius 3 is 2.53 bits per heavy atom. The van der Waals surface area contributed by atoms with Crippen LogP contribution >= 0.6 is 0 Å². The average Bonchev–Trinajstić information content (AvgIpc) is 2.27. The Balaban J connectivity index is 2.66. The summed E-state index contributed by atoms with van der Waals surface area (Å²) in [5, 5.41) is 8.65. The zero-order valence-corrected chi connectivity index (χ0v) is 8.08. The summed E-state index contributed by atoms with van der Waals surface area (Å²) in [6, 6.07) is 0.447. The summed E-state index contributed by atoms with van der Waals surface area (Å²) in [6.07, 6.45) is 0.688. The molecule has 1 aromatic carbocycles. The summed E-state index contributed by atoms with van der Waals surface area (Å²) in [5.41, 5.74) is -1.25. The average molecular weight is 243 g/mol. The maximum absolute atomic E-state index is 13.2. The van der Waals surface area contributed by atoms with Gasteiger partial charge in [0, 0.05) is 6.21 Å². The van der Waals surface area contributed by atoms with Crippen molar-refractivity contribution in [3.63, 3.8) is 0 Å². The quantitative estimate of drug-likeness (QED) is 0.603. The fourth-order valence-corrected chi connectivity index (χ4v) is 1.46. The van der Waals surface area contributed by atoms with Crippen LogP contribution in [0.25, 0.3) is 0 Å². The predicted molar refractivity (Wildman–Crippen MR) is 49.9 cm³/mol. The van der Waals surface area contributed by atoms with E-state index in [1.807, 2.05) is 0 Å². The van der Waals surface area contributed by atoms with Crippen LogP contribution in [-0.4, -0.2) is 23.1 Å². The molecule has 0 fully saturated rings. The van der Waals surface area contributed by atoms with Crippen LogP contribution in [0.5, 0.6) is 0 Å². The number of carboxylic acid groups (broad SMARTS) is 1. The SMILES string of the molecule is O=C(O)C1C=Nc2c(cc(F)c(F)c2F)C1=O. The molecule has 0 radical (unpaired) electrons. The van der Waals surface area contributed by atoms with Crippen molar-refractivity contribution in [2.24, 2.45) is 10.9 Å². The number of fused-ring (bicyclic) bond motifs is 1. The zero-order valence-electron chi connectivity index (χ0n) is 8.08. The van der Waals surface area contributed by atoms with Gasteiger partial charge >= 0.3 is 5.97 Å². The highest BCUT2D eigenvalue weighted by atomic mass is 19.2. The van der Waals surface area contributed by atoms with Crippen molar-refractivity contribution in [2.45, 2.75) is 0 Å². The molecule has 7 heteroatoms. The summed E-state index contributed by atoms with van der Waals surface area (Å²) < 4.78 is 39.0. The molecule has 1 heterocycles. The van der Waals surface area contributed by atoms with Crippen molar-refractivity contribution in [1.29, 1.82) is 0 Å². The van der Waals surface area contributed by atoms with Crippen LogP contribution in [0.1, 0.15) is 10.4 Å². The van der Waals surface area contributed by atoms with Crippen molar-refractivity contribution in [3.8, 4) is 0 Å². The minimum Gasteiger partial charge on any atom is -0.480 e. The fraction of sp³-hybridized carbons (Fsp3) is 0.100. The summed E-state index contributed by atoms with van der Waals surface area (Å²) in [5.74, 6) is -9.03. The van der Waals surface area contributed by atoms with Crippen LogP contribution in [-0.2, 0) is 4.79 Å². The predicted octanol–water partition coefficient (Wildman–Crippen LogP) is 1.70. The first-order chi connectivity index (χ1) is 7.93. The van der Waals surface area contributed by atoms with Gasteiger partial charge in [0.25, 0.3) is 0 Å². The lowest BCUT2D eigenvalue weighted by Crippen LogP contribution is -2.28. The van der Waals surface area contributed by atoms with Gasteiger partial charge in [0.1, 0.15) is 5.69 Å². The van der Waals surface area contributed by atoms with Crippen LogP contribution < -0.4 is 0 Å². The Morgan fingerprint density at radius 2 is 1.94 bits per heavy atom. The molecular weight excluding hydrogens is 239 g/mol. The van der Waals surface area contributed by atoms with E-state index in [1.54, 1.807) is 0 Å². The molecule has 0 saturated heterocycles. The van der Waals surface area contributed by atoms with Crippen LogP contribution in [0, 0.1) is 23.4 Å². The van der Waals surface area contributed by atoms with E-state index in [4.69, 9.17) is 5.11 Å². The molecule has 1 aliphatic heterocycles. The van der Waals surface area contributed by atoms with Crippen molar-refractivity contribution < 1.29 is 27.9 Å². The van der Waals surface area contributed by atoms with Crippen LogP contribution in [0.3, 0.4) is 0 Å². The van der Waals surface area contributed by atoms with E-state index in [9.17, 15) is 22.8 Å². The molecule has 17 heavy (non-hydrogen) atoms. The van der Waals surface area contributed by atoms with Crippen molar-refractivity contribution in [2.75, 3.05) is 0 Å². The molecule has 0 spiro atoms. The minimum absolute atomic E-state index is 0.447. The van der Waals surface area contributed by atoms with E-state index in [0.29, 0.717) is 12.3 Å². The molecule has 0 aromatic heterocycles. The van der Waals surface area contributed by atoms with Crippen LogP contribution in [0.4, 0.5) is 18.9 Å². The van der Waals surface area contributed by atoms with E-state index in [-0.39, 0.29) is 0 Å². The molecule has 88 valence electrons. The highest BCUT2D eigenvalue weighted by Gasteiger charge is 2.33. The van der Waals surface area contributed by atoms with Gasteiger partial charge in [-0.25, -0.2) is 13.2 Å². The smallest absolute Gasteiger partial charge is 0.319 e. The maximum atomic E-state index is 13.2. The lowest BCUT2D eigenvalue weighted by atomic mass is 9.94. The largest absolute Gasteiger partial charge is 0.480 e. The molecule has 1 atom stereocenters. The second kappa shape index (κ2) is 3.69. The molecule has 1 aromatic rings. The van der Waals surface area contributed by atoms with Gasteiger partial charge in [0.15, 0.2) is 29.2 Å². The molecule has 4 nitrogen and oxygen atoms in total. The first-order valence-corrected chi connectivity index (χ1v) is 4.42. The number of carbonyl (C=O) groups is 2. The number of aliphatic imine (C=N–C) groups is 1. The Morgan fingerprint density at radius 1 is 1.29 bits per heavy atom. The number of halogens is 3. The van der Waals surface area contributed by atoms with Crippen LogP contribution in [0.15, 0.2) is 11.1 Å². The lowest BCUT2D eigenvalue weighted by molar-refractivity contribution is -0.137. The summed E-state index contributed by atoms with van der Waals surface area (Å²) in [6.45, 7) is 0. The molecule has 0 bridgehead atoms. The molecule has 1 unspecified atom stereocenters. The number of hydrogen-bond acceptors (Lipinski definition) is 3. The number of ketones is 1. The number of carboxylic acids is 1. The van der Waals surface area contributed by atoms with Gasteiger partial charge in [-0.1, -0.05) is 0 Å². The van der Waals surface area contributed by atoms with Crippen molar-refractivity contribution in [3.05, 3.63) is 29.1 Å². The number of rotatable bonds is 1. The lowest BCUT2D eigenvalue weighted by Gasteiger charge is -2.14. The number of carbonyl (C=O) groups excluding carboxylic acids is 1. The summed E-state index contributed by atoms with van der Waals surface area (Å²) in [7, 11) is 0. The zero-order chi connectivity index (χ0) is 12.7. The summed E-state index contributed by atoms with van der Waals surface area (Å²) >= 11 is 0. The molecule has 0 saturated carbocycles. The van der Waals surface area contributed by atoms with E-state index in [0.717, 1.165) is 0 Å². The van der Waals surface area contributed by atoms with Gasteiger partial charge in [0.05, 0.1) is 5.56 Å². The van der Waals surface area contributed by atoms with Gasteiger partial charge in [-0.3, -0.25) is 14.6 Å². The minimum atomic E-state index is -1.75. The summed E-state index contributed by atoms with van der Waals surface area (Å²) in [4.78, 5) is 25.5. The molecule has 0 amide bonds. The molecular formula is C10H4F3NO3. The Bertz CT molecular complexity index is 568. The number of aliphatic carboxylic acids is 1. The van der Waals surface area contributed by atoms with Crippen molar-refractivity contribution >= 4 is 23.7 Å². The van der Waals surface area contributed by atoms with Gasteiger partial charge in [-0.15, -0.1) is 0 Å². The van der Waals surface area contributed by atoms with E-state index >= 15 is 0 Å². The monoisotopic (exact) mass is 243 g/mol. The topological polar surface area (TPSA) is 66.7 Å². The highest BCUT2D eigenvalue weighted by Crippen LogP contribution is 2.32. The number of benzene rings is 1. The second-order valence-corrected chi connectivity index (χ2v) is 3.34. The first-order valence-electron chi connectivity index (χ1n) is 4.42. The van der Waals surface area contributed by atoms with E-state index in [1.165, 1.54) is 0 Å². The van der Waals surface area contributed by atoms with Gasteiger partial charge < -0.3 is 5.11 Å². The third-order valence-corrected chi connectivity index (χ3v) is 2.30. The van der Waals surface area contributed by atoms with Crippen molar-refractivity contribution in [1.82, 2.24) is 0 Å². The van der Waals surface area contributed by atoms with Crippen LogP contribution in [0.2, 0.25) is 0 Å². The molecule has 1 aliphatic rings. The Hall–Kier alpha value is -2.18.